The molecule has 2 heterocycles. The fourth-order valence-electron chi connectivity index (χ4n) is 7.55. The largest absolute Gasteiger partial charge is 0.370 e. The molecule has 3 aromatic carbocycles. The normalized spacial score (nSPS) is 19.7. The van der Waals surface area contributed by atoms with Crippen LogP contribution in [0.5, 0.6) is 0 Å². The van der Waals surface area contributed by atoms with Gasteiger partial charge in [-0.1, -0.05) is 84.9 Å². The van der Waals surface area contributed by atoms with Crippen LogP contribution >= 0.6 is 7.60 Å². The third kappa shape index (κ3) is 11.9. The van der Waals surface area contributed by atoms with Crippen molar-refractivity contribution in [3.63, 3.8) is 0 Å². The van der Waals surface area contributed by atoms with E-state index in [2.05, 4.69) is 20.9 Å². The van der Waals surface area contributed by atoms with E-state index in [4.69, 9.17) is 5.73 Å². The molecule has 0 radical (unpaired) electrons. The highest BCUT2D eigenvalue weighted by Crippen LogP contribution is 2.39. The smallest absolute Gasteiger partial charge is 0.329 e. The van der Waals surface area contributed by atoms with Gasteiger partial charge in [0.2, 0.25) is 29.5 Å². The van der Waals surface area contributed by atoms with E-state index in [-0.39, 0.29) is 31.5 Å². The van der Waals surface area contributed by atoms with E-state index in [0.29, 0.717) is 42.5 Å². The maximum absolute atomic E-state index is 14.5. The molecule has 3 aromatic rings. The molecule has 0 bridgehead atoms. The molecule has 0 saturated carbocycles. The molecule has 0 aliphatic carbocycles. The number of primary amides is 1. The van der Waals surface area contributed by atoms with Crippen molar-refractivity contribution >= 4 is 42.7 Å². The van der Waals surface area contributed by atoms with Crippen LogP contribution in [-0.2, 0) is 34.7 Å². The summed E-state index contributed by atoms with van der Waals surface area (Å²) in [5.41, 5.74) is 8.84. The lowest BCUT2D eigenvalue weighted by Crippen LogP contribution is -2.62. The number of allylic oxidation sites excluding steroid dienone is 1. The lowest BCUT2D eigenvalue weighted by atomic mass is 9.98. The Morgan fingerprint density at radius 1 is 0.895 bits per heavy atom. The molecule has 5 amide bonds. The number of nitrogens with one attached hydrogen (secondary N) is 3. The average Bonchev–Trinajstić information content (AvgIpc) is 3.59. The molecule has 2 aliphatic rings. The standard InChI is InChI=1S/C42H53N6O8P/c1-27(2)47-23-22-33-18-20-36(48(33)42(53)35(25-47)44-38(50)24-28(3)30-16-14-29(15-17-30)26-57(54,55)56)41(52)45-34(19-21-37(43)49)40(51)46-39(31-10-6-4-7-11-31)32-12-8-5-9-13-32/h4-17,24,27,33-36,39H,18-23,25-26H2,1-3H3,(H2,43,49)(H,44,50)(H,45,52)(H,46,51)(H2,54,55,56)/b28-24+/t33-,34+,35+,36+/m1/s1. The van der Waals surface area contributed by atoms with E-state index in [0.717, 1.165) is 11.1 Å². The van der Waals surface area contributed by atoms with E-state index >= 15 is 0 Å². The summed E-state index contributed by atoms with van der Waals surface area (Å²) >= 11 is 0. The minimum absolute atomic E-state index is 0.0482. The molecule has 2 fully saturated rings. The summed E-state index contributed by atoms with van der Waals surface area (Å²) in [6.45, 7) is 6.61. The number of nitrogens with zero attached hydrogens (tertiary/aromatic N) is 2. The van der Waals surface area contributed by atoms with Crippen LogP contribution in [0, 0.1) is 0 Å². The van der Waals surface area contributed by atoms with Gasteiger partial charge < -0.3 is 36.4 Å². The van der Waals surface area contributed by atoms with Gasteiger partial charge in [-0.2, -0.15) is 0 Å². The van der Waals surface area contributed by atoms with E-state index in [1.54, 1.807) is 36.1 Å². The van der Waals surface area contributed by atoms with Gasteiger partial charge in [-0.25, -0.2) is 0 Å². The van der Waals surface area contributed by atoms with Crippen molar-refractivity contribution in [3.05, 3.63) is 113 Å². The van der Waals surface area contributed by atoms with Crippen LogP contribution in [0.3, 0.4) is 0 Å². The minimum Gasteiger partial charge on any atom is -0.370 e. The first-order valence-corrected chi connectivity index (χ1v) is 21.1. The molecule has 0 unspecified atom stereocenters. The van der Waals surface area contributed by atoms with Gasteiger partial charge in [-0.05, 0) is 74.3 Å². The number of rotatable bonds is 15. The second-order valence-electron chi connectivity index (χ2n) is 15.1. The quantitative estimate of drug-likeness (QED) is 0.0982. The summed E-state index contributed by atoms with van der Waals surface area (Å²) in [7, 11) is -4.24. The zero-order valence-corrected chi connectivity index (χ0v) is 33.4. The van der Waals surface area contributed by atoms with Crippen LogP contribution in [-0.4, -0.2) is 92.4 Å². The summed E-state index contributed by atoms with van der Waals surface area (Å²) in [5, 5.41) is 8.79. The molecular formula is C42H53N6O8P. The molecule has 5 rings (SSSR count). The number of fused-ring (bicyclic) bond motifs is 1. The molecule has 304 valence electrons. The fraction of sp³-hybridized carbons (Fsp3) is 0.405. The Hall–Kier alpha value is -5.14. The number of nitrogens with two attached hydrogens (primary N) is 1. The highest BCUT2D eigenvalue weighted by molar-refractivity contribution is 7.50. The second-order valence-corrected chi connectivity index (χ2v) is 16.8. The lowest BCUT2D eigenvalue weighted by Gasteiger charge is -2.40. The molecule has 7 N–H and O–H groups in total. The first-order valence-electron chi connectivity index (χ1n) is 19.3. The molecule has 4 atom stereocenters. The lowest BCUT2D eigenvalue weighted by molar-refractivity contribution is -0.145. The predicted octanol–water partition coefficient (Wildman–Crippen LogP) is 3.38. The summed E-state index contributed by atoms with van der Waals surface area (Å²) in [5.74, 6) is -2.58. The summed E-state index contributed by atoms with van der Waals surface area (Å²) in [6.07, 6.45) is 2.29. The zero-order chi connectivity index (χ0) is 41.3. The number of amides is 5. The summed E-state index contributed by atoms with van der Waals surface area (Å²) in [4.78, 5) is 90.3. The maximum atomic E-state index is 14.5. The number of benzene rings is 3. The average molecular weight is 801 g/mol. The van der Waals surface area contributed by atoms with Crippen molar-refractivity contribution < 1.29 is 38.3 Å². The van der Waals surface area contributed by atoms with Crippen LogP contribution < -0.4 is 21.7 Å². The Morgan fingerprint density at radius 2 is 1.51 bits per heavy atom. The Bertz CT molecular complexity index is 1930. The van der Waals surface area contributed by atoms with Crippen LogP contribution in [0.1, 0.15) is 81.2 Å². The number of hydrogen-bond donors (Lipinski definition) is 6. The zero-order valence-electron chi connectivity index (χ0n) is 32.5. The van der Waals surface area contributed by atoms with Crippen molar-refractivity contribution in [1.29, 1.82) is 0 Å². The van der Waals surface area contributed by atoms with Crippen LogP contribution in [0.2, 0.25) is 0 Å². The molecule has 2 saturated heterocycles. The van der Waals surface area contributed by atoms with Crippen molar-refractivity contribution in [2.45, 2.75) is 95.3 Å². The van der Waals surface area contributed by atoms with Gasteiger partial charge in [0.25, 0.3) is 0 Å². The van der Waals surface area contributed by atoms with Crippen molar-refractivity contribution in [1.82, 2.24) is 25.8 Å². The van der Waals surface area contributed by atoms with Crippen molar-refractivity contribution in [2.75, 3.05) is 13.1 Å². The Labute approximate surface area is 333 Å². The highest BCUT2D eigenvalue weighted by atomic mass is 31.2. The van der Waals surface area contributed by atoms with Gasteiger partial charge in [-0.3, -0.25) is 33.4 Å². The van der Waals surface area contributed by atoms with E-state index in [1.165, 1.54) is 6.08 Å². The Kier molecular flexibility index (Phi) is 14.6. The van der Waals surface area contributed by atoms with Gasteiger partial charge in [0.15, 0.2) is 0 Å². The minimum atomic E-state index is -4.24. The predicted molar refractivity (Wildman–Crippen MR) is 216 cm³/mol. The van der Waals surface area contributed by atoms with Crippen molar-refractivity contribution in [3.8, 4) is 0 Å². The van der Waals surface area contributed by atoms with E-state index in [9.17, 15) is 38.3 Å². The van der Waals surface area contributed by atoms with E-state index < -0.39 is 67.5 Å². The molecule has 2 aliphatic heterocycles. The Balaban J connectivity index is 1.34. The third-order valence-corrected chi connectivity index (χ3v) is 11.4. The number of carbonyl (C=O) groups is 5. The van der Waals surface area contributed by atoms with Gasteiger partial charge >= 0.3 is 7.60 Å². The van der Waals surface area contributed by atoms with Crippen molar-refractivity contribution in [2.24, 2.45) is 5.73 Å². The van der Waals surface area contributed by atoms with Crippen LogP contribution in [0.4, 0.5) is 0 Å². The Morgan fingerprint density at radius 3 is 2.07 bits per heavy atom. The topological polar surface area (TPSA) is 211 Å². The third-order valence-electron chi connectivity index (χ3n) is 10.6. The SMILES string of the molecule is C/C(=C\C(=O)N[C@H]1CN(C(C)C)CC[C@H]2CC[C@@H](C(=O)N[C@@H](CCC(N)=O)C(=O)NC(c3ccccc3)c3ccccc3)N2C1=O)c1ccc(CP(=O)(O)O)cc1. The number of hydrogen-bond acceptors (Lipinski definition) is 7. The first-order chi connectivity index (χ1) is 27.1. The van der Waals surface area contributed by atoms with Gasteiger partial charge in [0.1, 0.15) is 18.1 Å². The van der Waals surface area contributed by atoms with E-state index in [1.807, 2.05) is 74.5 Å². The second kappa shape index (κ2) is 19.3. The fourth-order valence-corrected chi connectivity index (χ4v) is 8.24. The van der Waals surface area contributed by atoms with Crippen LogP contribution in [0.15, 0.2) is 91.0 Å². The maximum Gasteiger partial charge on any atom is 0.329 e. The molecule has 15 heteroatoms. The summed E-state index contributed by atoms with van der Waals surface area (Å²) in [6, 6.07) is 21.5. The molecular weight excluding hydrogens is 747 g/mol. The number of carbonyl (C=O) groups excluding carboxylic acids is 5. The molecule has 14 nitrogen and oxygen atoms in total. The van der Waals surface area contributed by atoms with Crippen LogP contribution in [0.25, 0.3) is 5.57 Å². The van der Waals surface area contributed by atoms with Gasteiger partial charge in [-0.15, -0.1) is 0 Å². The molecule has 0 aromatic heterocycles. The van der Waals surface area contributed by atoms with Gasteiger partial charge in [0.05, 0.1) is 12.2 Å². The van der Waals surface area contributed by atoms with Gasteiger partial charge in [0, 0.05) is 37.7 Å². The first kappa shape index (κ1) is 43.0. The molecule has 57 heavy (non-hydrogen) atoms. The highest BCUT2D eigenvalue weighted by Gasteiger charge is 2.45. The summed E-state index contributed by atoms with van der Waals surface area (Å²) < 4.78 is 11.4. The molecule has 0 spiro atoms. The monoisotopic (exact) mass is 800 g/mol.